The summed E-state index contributed by atoms with van der Waals surface area (Å²) in [6.07, 6.45) is 0. The van der Waals surface area contributed by atoms with E-state index in [9.17, 15) is 4.79 Å². The maximum absolute atomic E-state index is 13.0. The minimum Gasteiger partial charge on any atom is -0.497 e. The van der Waals surface area contributed by atoms with E-state index in [0.29, 0.717) is 5.75 Å². The highest BCUT2D eigenvalue weighted by atomic mass is 32.2. The molecule has 1 aromatic heterocycles. The molecule has 1 fully saturated rings. The first kappa shape index (κ1) is 26.0. The molecule has 0 bridgehead atoms. The van der Waals surface area contributed by atoms with Crippen LogP contribution < -0.4 is 4.74 Å². The van der Waals surface area contributed by atoms with Crippen LogP contribution in [0.15, 0.2) is 78.0 Å². The quantitative estimate of drug-likeness (QED) is 0.289. The van der Waals surface area contributed by atoms with Crippen LogP contribution in [0, 0.1) is 6.92 Å². The number of likely N-dealkylation sites (N-methyl/N-ethyl adjacent to an activating group) is 1. The number of nitrogens with zero attached hydrogens (tertiary/aromatic N) is 5. The second-order valence-corrected chi connectivity index (χ2v) is 10.4. The summed E-state index contributed by atoms with van der Waals surface area (Å²) in [5.41, 5.74) is 5.01. The van der Waals surface area contributed by atoms with Crippen molar-refractivity contribution >= 4 is 17.7 Å². The van der Waals surface area contributed by atoms with Gasteiger partial charge in [0.25, 0.3) is 5.91 Å². The molecule has 38 heavy (non-hydrogen) atoms. The second-order valence-electron chi connectivity index (χ2n) is 9.42. The van der Waals surface area contributed by atoms with Gasteiger partial charge in [-0.2, -0.15) is 0 Å². The maximum Gasteiger partial charge on any atom is 0.253 e. The normalized spacial score (nSPS) is 14.0. The average Bonchev–Trinajstić information content (AvgIpc) is 3.40. The second kappa shape index (κ2) is 11.8. The third-order valence-electron chi connectivity index (χ3n) is 6.93. The molecular formula is C30H33N5O2S. The van der Waals surface area contributed by atoms with E-state index < -0.39 is 0 Å². The highest BCUT2D eigenvalue weighted by Crippen LogP contribution is 2.31. The molecule has 0 N–H and O–H groups in total. The smallest absolute Gasteiger partial charge is 0.253 e. The number of ether oxygens (including phenoxy) is 1. The number of carbonyl (C=O) groups is 1. The molecule has 196 valence electrons. The highest BCUT2D eigenvalue weighted by Gasteiger charge is 2.21. The topological polar surface area (TPSA) is 63.5 Å². The van der Waals surface area contributed by atoms with Crippen molar-refractivity contribution in [2.24, 2.45) is 0 Å². The van der Waals surface area contributed by atoms with E-state index in [4.69, 9.17) is 4.74 Å². The van der Waals surface area contributed by atoms with Crippen molar-refractivity contribution in [3.8, 4) is 22.8 Å². The van der Waals surface area contributed by atoms with Gasteiger partial charge in [-0.1, -0.05) is 60.6 Å². The number of hydrogen-bond acceptors (Lipinski definition) is 6. The lowest BCUT2D eigenvalue weighted by atomic mass is 10.1. The summed E-state index contributed by atoms with van der Waals surface area (Å²) in [6.45, 7) is 8.73. The predicted octanol–water partition coefficient (Wildman–Crippen LogP) is 5.32. The third kappa shape index (κ3) is 5.76. The van der Waals surface area contributed by atoms with Crippen molar-refractivity contribution in [3.05, 3.63) is 89.5 Å². The summed E-state index contributed by atoms with van der Waals surface area (Å²) in [6, 6.07) is 24.2. The van der Waals surface area contributed by atoms with Crippen LogP contribution >= 0.6 is 11.8 Å². The molecule has 1 amide bonds. The standard InChI is InChI=1S/C30H33N5O2S/c1-4-33-16-18-34(19-17-33)29(36)24-12-10-23(11-13-24)21-38-30-32-31-28(25-6-5-7-27(20-25)37-3)35(30)26-14-8-22(2)9-15-26/h5-15,20H,4,16-19,21H2,1-3H3. The van der Waals surface area contributed by atoms with E-state index in [-0.39, 0.29) is 5.91 Å². The number of methoxy groups -OCH3 is 1. The first-order valence-electron chi connectivity index (χ1n) is 13.0. The minimum absolute atomic E-state index is 0.113. The molecule has 3 aromatic carbocycles. The zero-order valence-electron chi connectivity index (χ0n) is 22.1. The summed E-state index contributed by atoms with van der Waals surface area (Å²) < 4.78 is 7.52. The van der Waals surface area contributed by atoms with Gasteiger partial charge < -0.3 is 14.5 Å². The van der Waals surface area contributed by atoms with E-state index in [1.165, 1.54) is 5.56 Å². The van der Waals surface area contributed by atoms with Gasteiger partial charge in [0.15, 0.2) is 11.0 Å². The Labute approximate surface area is 228 Å². The molecule has 0 aliphatic carbocycles. The molecule has 0 atom stereocenters. The number of aryl methyl sites for hydroxylation is 1. The highest BCUT2D eigenvalue weighted by molar-refractivity contribution is 7.98. The Kier molecular flexibility index (Phi) is 8.10. The fraction of sp³-hybridized carbons (Fsp3) is 0.300. The maximum atomic E-state index is 13.0. The lowest BCUT2D eigenvalue weighted by Gasteiger charge is -2.34. The summed E-state index contributed by atoms with van der Waals surface area (Å²) in [5, 5.41) is 9.91. The van der Waals surface area contributed by atoms with Crippen LogP contribution in [-0.4, -0.2) is 70.3 Å². The Balaban J connectivity index is 1.34. The van der Waals surface area contributed by atoms with Gasteiger partial charge in [0.05, 0.1) is 7.11 Å². The number of piperazine rings is 1. The van der Waals surface area contributed by atoms with Crippen molar-refractivity contribution in [2.45, 2.75) is 24.8 Å². The van der Waals surface area contributed by atoms with Crippen LogP contribution in [-0.2, 0) is 5.75 Å². The monoisotopic (exact) mass is 527 g/mol. The zero-order valence-corrected chi connectivity index (χ0v) is 22.9. The van der Waals surface area contributed by atoms with Gasteiger partial charge in [0.2, 0.25) is 0 Å². The van der Waals surface area contributed by atoms with Crippen LogP contribution in [0.3, 0.4) is 0 Å². The number of hydrogen-bond donors (Lipinski definition) is 0. The zero-order chi connectivity index (χ0) is 26.5. The molecule has 5 rings (SSSR count). The molecule has 1 aliphatic heterocycles. The van der Waals surface area contributed by atoms with Crippen molar-refractivity contribution in [2.75, 3.05) is 39.8 Å². The number of amides is 1. The van der Waals surface area contributed by atoms with Crippen LogP contribution in [0.25, 0.3) is 17.1 Å². The Morgan fingerprint density at radius 1 is 0.947 bits per heavy atom. The molecule has 0 radical (unpaired) electrons. The van der Waals surface area contributed by atoms with E-state index in [0.717, 1.165) is 71.8 Å². The molecule has 0 saturated carbocycles. The molecule has 7 nitrogen and oxygen atoms in total. The number of benzene rings is 3. The Morgan fingerprint density at radius 3 is 2.37 bits per heavy atom. The van der Waals surface area contributed by atoms with Crippen molar-refractivity contribution < 1.29 is 9.53 Å². The largest absolute Gasteiger partial charge is 0.497 e. The van der Waals surface area contributed by atoms with Gasteiger partial charge in [-0.15, -0.1) is 10.2 Å². The van der Waals surface area contributed by atoms with Crippen LogP contribution in [0.2, 0.25) is 0 Å². The van der Waals surface area contributed by atoms with E-state index in [2.05, 4.69) is 57.8 Å². The molecule has 0 spiro atoms. The SMILES string of the molecule is CCN1CCN(C(=O)c2ccc(CSc3nnc(-c4cccc(OC)c4)n3-c3ccc(C)cc3)cc2)CC1. The molecule has 0 unspecified atom stereocenters. The fourth-order valence-corrected chi connectivity index (χ4v) is 5.49. The summed E-state index contributed by atoms with van der Waals surface area (Å²) in [7, 11) is 1.66. The predicted molar refractivity (Wildman–Crippen MR) is 152 cm³/mol. The first-order valence-corrected chi connectivity index (χ1v) is 13.9. The van der Waals surface area contributed by atoms with Gasteiger partial charge in [-0.25, -0.2) is 0 Å². The van der Waals surface area contributed by atoms with E-state index in [1.807, 2.05) is 53.4 Å². The Bertz CT molecular complexity index is 1380. The van der Waals surface area contributed by atoms with Crippen molar-refractivity contribution in [1.29, 1.82) is 0 Å². The lowest BCUT2D eigenvalue weighted by Crippen LogP contribution is -2.48. The van der Waals surface area contributed by atoms with Gasteiger partial charge >= 0.3 is 0 Å². The molecule has 2 heterocycles. The molecule has 8 heteroatoms. The van der Waals surface area contributed by atoms with Gasteiger partial charge in [-0.3, -0.25) is 9.36 Å². The molecule has 1 saturated heterocycles. The minimum atomic E-state index is 0.113. The number of aromatic nitrogens is 3. The molecular weight excluding hydrogens is 494 g/mol. The average molecular weight is 528 g/mol. The van der Waals surface area contributed by atoms with Crippen molar-refractivity contribution in [3.63, 3.8) is 0 Å². The van der Waals surface area contributed by atoms with Crippen LogP contribution in [0.5, 0.6) is 5.75 Å². The van der Waals surface area contributed by atoms with Crippen molar-refractivity contribution in [1.82, 2.24) is 24.6 Å². The summed E-state index contributed by atoms with van der Waals surface area (Å²) in [5.74, 6) is 2.37. The fourth-order valence-electron chi connectivity index (χ4n) is 4.58. The van der Waals surface area contributed by atoms with Crippen LogP contribution in [0.1, 0.15) is 28.4 Å². The van der Waals surface area contributed by atoms with Gasteiger partial charge in [-0.05, 0) is 55.4 Å². The van der Waals surface area contributed by atoms with E-state index >= 15 is 0 Å². The number of carbonyl (C=O) groups excluding carboxylic acids is 1. The summed E-state index contributed by atoms with van der Waals surface area (Å²) in [4.78, 5) is 17.3. The lowest BCUT2D eigenvalue weighted by molar-refractivity contribution is 0.0643. The number of rotatable bonds is 8. The van der Waals surface area contributed by atoms with Gasteiger partial charge in [0, 0.05) is 48.7 Å². The Morgan fingerprint density at radius 2 is 1.68 bits per heavy atom. The van der Waals surface area contributed by atoms with E-state index in [1.54, 1.807) is 18.9 Å². The van der Waals surface area contributed by atoms with Gasteiger partial charge in [0.1, 0.15) is 5.75 Å². The van der Waals surface area contributed by atoms with Crippen LogP contribution in [0.4, 0.5) is 0 Å². The molecule has 4 aromatic rings. The third-order valence-corrected chi connectivity index (χ3v) is 7.93. The molecule has 1 aliphatic rings. The Hall–Kier alpha value is -3.62. The summed E-state index contributed by atoms with van der Waals surface area (Å²) >= 11 is 1.63. The number of thioether (sulfide) groups is 1. The first-order chi connectivity index (χ1) is 18.6.